The number of aliphatic hydroxyl groups is 1. The number of aromatic nitrogens is 3. The van der Waals surface area contributed by atoms with E-state index in [1.165, 1.54) is 0 Å². The van der Waals surface area contributed by atoms with Gasteiger partial charge in [-0.2, -0.15) is 5.10 Å². The number of amides is 4. The van der Waals surface area contributed by atoms with E-state index < -0.39 is 35.8 Å². The van der Waals surface area contributed by atoms with Gasteiger partial charge in [0.2, 0.25) is 11.8 Å². The quantitative estimate of drug-likeness (QED) is 0.361. The van der Waals surface area contributed by atoms with Crippen molar-refractivity contribution < 1.29 is 24.3 Å². The van der Waals surface area contributed by atoms with Crippen LogP contribution in [0.25, 0.3) is 11.3 Å². The van der Waals surface area contributed by atoms with Crippen molar-refractivity contribution in [3.8, 4) is 11.3 Å². The number of rotatable bonds is 7. The first kappa shape index (κ1) is 26.3. The smallest absolute Gasteiger partial charge is 0.262 e. The van der Waals surface area contributed by atoms with Crippen LogP contribution in [0.15, 0.2) is 36.5 Å². The van der Waals surface area contributed by atoms with Gasteiger partial charge < -0.3 is 10.4 Å². The van der Waals surface area contributed by atoms with Gasteiger partial charge in [-0.1, -0.05) is 6.07 Å². The van der Waals surface area contributed by atoms with Gasteiger partial charge in [0.1, 0.15) is 6.04 Å². The predicted molar refractivity (Wildman–Crippen MR) is 154 cm³/mol. The van der Waals surface area contributed by atoms with Gasteiger partial charge in [0, 0.05) is 47.6 Å². The first-order valence-electron chi connectivity index (χ1n) is 15.2. The Morgan fingerprint density at radius 3 is 2.53 bits per heavy atom. The van der Waals surface area contributed by atoms with Crippen LogP contribution in [0, 0.1) is 5.92 Å². The molecule has 0 radical (unpaired) electrons. The molecule has 1 aromatic carbocycles. The van der Waals surface area contributed by atoms with Crippen LogP contribution >= 0.6 is 0 Å². The lowest BCUT2D eigenvalue weighted by atomic mass is 9.80. The van der Waals surface area contributed by atoms with Gasteiger partial charge in [-0.05, 0) is 75.1 Å². The molecule has 0 spiro atoms. The van der Waals surface area contributed by atoms with E-state index in [0.717, 1.165) is 83.9 Å². The van der Waals surface area contributed by atoms with Crippen molar-refractivity contribution in [2.24, 2.45) is 5.92 Å². The standard InChI is InChI=1S/C32H32N6O5/c39-27-9-7-24-21(27)5-6-25(34-24)23-15-37(36-29(23)17-1-2-17)19-11-16(12-19)14-33-18-3-4-20-22(13-18)32(43)38(31(20)42)26-8-10-28(40)35-30(26)41/h3-6,13,15-17,19,26-27,33,39H,1-2,7-12,14H2,(H,35,40,41). The number of fused-ring (bicyclic) bond motifs is 2. The number of pyridine rings is 1. The average Bonchev–Trinajstić information content (AvgIpc) is 3.55. The predicted octanol–water partition coefficient (Wildman–Crippen LogP) is 3.27. The number of hydrogen-bond acceptors (Lipinski definition) is 8. The van der Waals surface area contributed by atoms with Crippen molar-refractivity contribution >= 4 is 29.3 Å². The number of anilines is 1. The maximum absolute atomic E-state index is 13.1. The number of nitrogens with one attached hydrogen (secondary N) is 2. The molecular formula is C32H32N6O5. The molecule has 4 heterocycles. The van der Waals surface area contributed by atoms with E-state index in [1.54, 1.807) is 18.2 Å². The summed E-state index contributed by atoms with van der Waals surface area (Å²) in [5.74, 6) is -1.07. The van der Waals surface area contributed by atoms with Gasteiger partial charge in [0.25, 0.3) is 11.8 Å². The fourth-order valence-electron chi connectivity index (χ4n) is 6.97. The second kappa shape index (κ2) is 9.84. The molecule has 3 N–H and O–H groups in total. The Hall–Kier alpha value is -4.38. The lowest BCUT2D eigenvalue weighted by Crippen LogP contribution is -2.54. The van der Waals surface area contributed by atoms with Crippen LogP contribution in [0.3, 0.4) is 0 Å². The Bertz CT molecular complexity index is 1700. The Morgan fingerprint density at radius 2 is 1.74 bits per heavy atom. The number of aryl methyl sites for hydroxylation is 1. The molecule has 2 aliphatic heterocycles. The number of carbonyl (C=O) groups is 4. The molecule has 2 aromatic heterocycles. The number of nitrogens with zero attached hydrogens (tertiary/aromatic N) is 4. The SMILES string of the molecule is O=C1CCC(N2C(=O)c3ccc(NCC4CC(n5cc(-c6ccc7c(n6)CCC7O)c(C6CC6)n5)C4)cc3C2=O)C(=O)N1. The molecule has 43 heavy (non-hydrogen) atoms. The number of hydrogen-bond donors (Lipinski definition) is 3. The van der Waals surface area contributed by atoms with Gasteiger partial charge >= 0.3 is 0 Å². The van der Waals surface area contributed by atoms with Crippen LogP contribution in [-0.2, 0) is 16.0 Å². The summed E-state index contributed by atoms with van der Waals surface area (Å²) < 4.78 is 2.12. The number of piperidine rings is 1. The van der Waals surface area contributed by atoms with Crippen LogP contribution in [0.1, 0.15) is 101 Å². The molecule has 1 saturated heterocycles. The molecule has 5 aliphatic rings. The number of carbonyl (C=O) groups excluding carboxylic acids is 4. The first-order chi connectivity index (χ1) is 20.8. The zero-order chi connectivity index (χ0) is 29.4. The summed E-state index contributed by atoms with van der Waals surface area (Å²) in [6.07, 6.45) is 7.79. The summed E-state index contributed by atoms with van der Waals surface area (Å²) in [5, 5.41) is 20.9. The fraction of sp³-hybridized carbons (Fsp3) is 0.438. The molecule has 4 amide bonds. The molecule has 2 unspecified atom stereocenters. The maximum atomic E-state index is 13.1. The second-order valence-corrected chi connectivity index (χ2v) is 12.5. The largest absolute Gasteiger partial charge is 0.388 e. The molecule has 2 atom stereocenters. The molecule has 0 bridgehead atoms. The van der Waals surface area contributed by atoms with Gasteiger partial charge in [0.05, 0.1) is 34.7 Å². The first-order valence-corrected chi connectivity index (χ1v) is 15.2. The third kappa shape index (κ3) is 4.45. The minimum atomic E-state index is -0.969. The number of aliphatic hydroxyl groups excluding tert-OH is 1. The van der Waals surface area contributed by atoms with Crippen molar-refractivity contribution in [1.29, 1.82) is 0 Å². The molecule has 11 nitrogen and oxygen atoms in total. The number of imide groups is 2. The molecule has 3 fully saturated rings. The summed E-state index contributed by atoms with van der Waals surface area (Å²) in [5.41, 5.74) is 6.43. The van der Waals surface area contributed by atoms with Crippen LogP contribution in [-0.4, -0.2) is 61.0 Å². The van der Waals surface area contributed by atoms with E-state index in [0.29, 0.717) is 17.9 Å². The Balaban J connectivity index is 0.915. The van der Waals surface area contributed by atoms with Gasteiger partial charge in [-0.15, -0.1) is 0 Å². The van der Waals surface area contributed by atoms with Crippen LogP contribution in [0.4, 0.5) is 5.69 Å². The molecule has 3 aliphatic carbocycles. The Morgan fingerprint density at radius 1 is 0.930 bits per heavy atom. The van der Waals surface area contributed by atoms with E-state index >= 15 is 0 Å². The number of benzene rings is 1. The van der Waals surface area contributed by atoms with Crippen molar-refractivity contribution in [2.45, 2.75) is 75.5 Å². The molecule has 3 aromatic rings. The highest BCUT2D eigenvalue weighted by Gasteiger charge is 2.44. The topological polar surface area (TPSA) is 147 Å². The highest BCUT2D eigenvalue weighted by Crippen LogP contribution is 2.46. The highest BCUT2D eigenvalue weighted by molar-refractivity contribution is 6.23. The van der Waals surface area contributed by atoms with Crippen LogP contribution < -0.4 is 10.6 Å². The van der Waals surface area contributed by atoms with Gasteiger partial charge in [-0.25, -0.2) is 0 Å². The molecule has 11 heteroatoms. The van der Waals surface area contributed by atoms with E-state index in [-0.39, 0.29) is 24.0 Å². The van der Waals surface area contributed by atoms with E-state index in [4.69, 9.17) is 10.1 Å². The zero-order valence-corrected chi connectivity index (χ0v) is 23.6. The second-order valence-electron chi connectivity index (χ2n) is 12.5. The summed E-state index contributed by atoms with van der Waals surface area (Å²) in [4.78, 5) is 55.8. The minimum absolute atomic E-state index is 0.0939. The van der Waals surface area contributed by atoms with Gasteiger partial charge in [0.15, 0.2) is 0 Å². The zero-order valence-electron chi connectivity index (χ0n) is 23.6. The highest BCUT2D eigenvalue weighted by atomic mass is 16.3. The lowest BCUT2D eigenvalue weighted by molar-refractivity contribution is -0.136. The van der Waals surface area contributed by atoms with Crippen LogP contribution in [0.2, 0.25) is 0 Å². The third-order valence-corrected chi connectivity index (χ3v) is 9.64. The minimum Gasteiger partial charge on any atom is -0.388 e. The van der Waals surface area contributed by atoms with Crippen molar-refractivity contribution in [1.82, 2.24) is 25.0 Å². The molecule has 2 saturated carbocycles. The monoisotopic (exact) mass is 580 g/mol. The van der Waals surface area contributed by atoms with Crippen molar-refractivity contribution in [3.63, 3.8) is 0 Å². The van der Waals surface area contributed by atoms with E-state index in [1.807, 2.05) is 12.1 Å². The Kier molecular flexibility index (Phi) is 6.01. The summed E-state index contributed by atoms with van der Waals surface area (Å²) in [6, 6.07) is 8.49. The van der Waals surface area contributed by atoms with E-state index in [2.05, 4.69) is 21.5 Å². The van der Waals surface area contributed by atoms with Gasteiger partial charge in [-0.3, -0.25) is 39.1 Å². The lowest BCUT2D eigenvalue weighted by Gasteiger charge is -2.35. The third-order valence-electron chi connectivity index (χ3n) is 9.64. The summed E-state index contributed by atoms with van der Waals surface area (Å²) in [7, 11) is 0. The van der Waals surface area contributed by atoms with Crippen molar-refractivity contribution in [3.05, 3.63) is 64.6 Å². The van der Waals surface area contributed by atoms with Crippen molar-refractivity contribution in [2.75, 3.05) is 11.9 Å². The molecule has 220 valence electrons. The Labute approximate surface area is 247 Å². The fourth-order valence-corrected chi connectivity index (χ4v) is 6.97. The summed E-state index contributed by atoms with van der Waals surface area (Å²) >= 11 is 0. The molecular weight excluding hydrogens is 548 g/mol. The van der Waals surface area contributed by atoms with E-state index in [9.17, 15) is 24.3 Å². The maximum Gasteiger partial charge on any atom is 0.262 e. The average molecular weight is 581 g/mol. The normalized spacial score (nSPS) is 26.3. The van der Waals surface area contributed by atoms with Crippen LogP contribution in [0.5, 0.6) is 0 Å². The molecule has 8 rings (SSSR count). The summed E-state index contributed by atoms with van der Waals surface area (Å²) in [6.45, 7) is 0.729.